The van der Waals surface area contributed by atoms with E-state index in [1.807, 2.05) is 32.9 Å². The Hall–Kier alpha value is -2.12. The van der Waals surface area contributed by atoms with Gasteiger partial charge in [0, 0.05) is 19.1 Å². The molecule has 7 heteroatoms. The van der Waals surface area contributed by atoms with Gasteiger partial charge in [-0.05, 0) is 56.9 Å². The number of hydrogen-bond donors (Lipinski definition) is 1. The lowest BCUT2D eigenvalue weighted by atomic mass is 10.1. The van der Waals surface area contributed by atoms with Crippen LogP contribution >= 0.6 is 0 Å². The molecule has 1 saturated heterocycles. The molecule has 1 fully saturated rings. The maximum atomic E-state index is 12.8. The summed E-state index contributed by atoms with van der Waals surface area (Å²) in [5.41, 5.74) is 2.55. The number of piperidine rings is 1. The van der Waals surface area contributed by atoms with Crippen LogP contribution in [0.2, 0.25) is 0 Å². The summed E-state index contributed by atoms with van der Waals surface area (Å²) < 4.78 is 33.7. The van der Waals surface area contributed by atoms with Crippen LogP contribution in [0.15, 0.2) is 39.8 Å². The van der Waals surface area contributed by atoms with Gasteiger partial charge in [-0.1, -0.05) is 17.7 Å². The van der Waals surface area contributed by atoms with Crippen LogP contribution in [-0.4, -0.2) is 38.4 Å². The third kappa shape index (κ3) is 3.83. The topological polar surface area (TPSA) is 79.6 Å². The van der Waals surface area contributed by atoms with Crippen LogP contribution in [0.3, 0.4) is 0 Å². The summed E-state index contributed by atoms with van der Waals surface area (Å²) in [6, 6.07) is 6.90. The fourth-order valence-corrected chi connectivity index (χ4v) is 5.38. The Morgan fingerprint density at radius 1 is 1.15 bits per heavy atom. The first-order valence-corrected chi connectivity index (χ1v) is 10.2. The van der Waals surface area contributed by atoms with Gasteiger partial charge in [0.05, 0.1) is 11.2 Å². The van der Waals surface area contributed by atoms with Gasteiger partial charge >= 0.3 is 0 Å². The predicted octanol–water partition coefficient (Wildman–Crippen LogP) is 2.79. The monoisotopic (exact) mass is 376 g/mol. The lowest BCUT2D eigenvalue weighted by Crippen LogP contribution is -2.46. The summed E-state index contributed by atoms with van der Waals surface area (Å²) in [5, 5.41) is 0. The summed E-state index contributed by atoms with van der Waals surface area (Å²) in [7, 11) is -3.59. The molecule has 1 aromatic carbocycles. The van der Waals surface area contributed by atoms with Crippen LogP contribution in [0, 0.1) is 20.8 Å². The molecule has 6 nitrogen and oxygen atoms in total. The van der Waals surface area contributed by atoms with Crippen LogP contribution in [-0.2, 0) is 10.0 Å². The van der Waals surface area contributed by atoms with Gasteiger partial charge in [-0.25, -0.2) is 13.1 Å². The van der Waals surface area contributed by atoms with Crippen molar-refractivity contribution in [3.8, 4) is 0 Å². The molecule has 1 aliphatic heterocycles. The molecular weight excluding hydrogens is 352 g/mol. The molecule has 3 rings (SSSR count). The van der Waals surface area contributed by atoms with Gasteiger partial charge in [0.15, 0.2) is 5.76 Å². The highest BCUT2D eigenvalue weighted by Gasteiger charge is 2.29. The van der Waals surface area contributed by atoms with E-state index in [4.69, 9.17) is 4.42 Å². The second-order valence-corrected chi connectivity index (χ2v) is 8.54. The molecule has 1 aromatic heterocycles. The van der Waals surface area contributed by atoms with Gasteiger partial charge in [-0.3, -0.25) is 4.79 Å². The van der Waals surface area contributed by atoms with Crippen molar-refractivity contribution in [3.05, 3.63) is 53.0 Å². The molecule has 2 heterocycles. The number of carbonyl (C=O) groups excluding carboxylic acids is 1. The minimum absolute atomic E-state index is 0.151. The third-order valence-corrected chi connectivity index (χ3v) is 6.53. The first-order chi connectivity index (χ1) is 12.3. The molecule has 1 amide bonds. The first kappa shape index (κ1) is 18.7. The predicted molar refractivity (Wildman–Crippen MR) is 98.6 cm³/mol. The Kier molecular flexibility index (Phi) is 5.20. The highest BCUT2D eigenvalue weighted by molar-refractivity contribution is 7.89. The molecule has 1 N–H and O–H groups in total. The Labute approximate surface area is 154 Å². The molecule has 1 aliphatic rings. The van der Waals surface area contributed by atoms with Gasteiger partial charge in [-0.15, -0.1) is 0 Å². The van der Waals surface area contributed by atoms with Crippen LogP contribution in [0.25, 0.3) is 0 Å². The SMILES string of the molecule is Cc1cc(C)c(S(=O)(=O)NC2CCN(C(=O)c3ccco3)CC2)c(C)c1. The van der Waals surface area contributed by atoms with E-state index in [1.54, 1.807) is 17.0 Å². The molecule has 0 saturated carbocycles. The van der Waals surface area contributed by atoms with Crippen molar-refractivity contribution in [2.75, 3.05) is 13.1 Å². The van der Waals surface area contributed by atoms with Gasteiger partial charge in [-0.2, -0.15) is 0 Å². The second kappa shape index (κ2) is 7.25. The lowest BCUT2D eigenvalue weighted by Gasteiger charge is -2.32. The van der Waals surface area contributed by atoms with Crippen LogP contribution in [0.5, 0.6) is 0 Å². The number of hydrogen-bond acceptors (Lipinski definition) is 4. The zero-order valence-electron chi connectivity index (χ0n) is 15.3. The fourth-order valence-electron chi connectivity index (χ4n) is 3.63. The Morgan fingerprint density at radius 2 is 1.77 bits per heavy atom. The number of sulfonamides is 1. The average Bonchev–Trinajstić information content (AvgIpc) is 3.07. The van der Waals surface area contributed by atoms with E-state index in [-0.39, 0.29) is 11.9 Å². The summed E-state index contributed by atoms with van der Waals surface area (Å²) in [6.07, 6.45) is 2.63. The number of carbonyl (C=O) groups is 1. The van der Waals surface area contributed by atoms with E-state index in [1.165, 1.54) is 6.26 Å². The average molecular weight is 376 g/mol. The number of benzene rings is 1. The van der Waals surface area contributed by atoms with Gasteiger partial charge in [0.2, 0.25) is 10.0 Å². The second-order valence-electron chi connectivity index (χ2n) is 6.89. The largest absolute Gasteiger partial charge is 0.459 e. The molecule has 0 radical (unpaired) electrons. The Balaban J connectivity index is 1.67. The molecule has 26 heavy (non-hydrogen) atoms. The molecule has 2 aromatic rings. The molecule has 0 bridgehead atoms. The smallest absolute Gasteiger partial charge is 0.289 e. The number of rotatable bonds is 4. The molecule has 0 unspecified atom stereocenters. The Bertz CT molecular complexity index is 873. The van der Waals surface area contributed by atoms with E-state index < -0.39 is 10.0 Å². The van der Waals surface area contributed by atoms with Crippen molar-refractivity contribution in [1.82, 2.24) is 9.62 Å². The van der Waals surface area contributed by atoms with E-state index in [0.29, 0.717) is 36.6 Å². The molecule has 0 atom stereocenters. The zero-order chi connectivity index (χ0) is 18.9. The molecule has 0 spiro atoms. The summed E-state index contributed by atoms with van der Waals surface area (Å²) in [4.78, 5) is 14.3. The quantitative estimate of drug-likeness (QED) is 0.890. The lowest BCUT2D eigenvalue weighted by molar-refractivity contribution is 0.0679. The molecule has 0 aliphatic carbocycles. The minimum atomic E-state index is -3.59. The van der Waals surface area contributed by atoms with Gasteiger partial charge < -0.3 is 9.32 Å². The number of aryl methyl sites for hydroxylation is 3. The zero-order valence-corrected chi connectivity index (χ0v) is 16.1. The molecular formula is C19H24N2O4S. The number of likely N-dealkylation sites (tertiary alicyclic amines) is 1. The normalized spacial score (nSPS) is 16.0. The minimum Gasteiger partial charge on any atom is -0.459 e. The highest BCUT2D eigenvalue weighted by Crippen LogP contribution is 2.23. The van der Waals surface area contributed by atoms with E-state index in [0.717, 1.165) is 16.7 Å². The highest BCUT2D eigenvalue weighted by atomic mass is 32.2. The third-order valence-electron chi connectivity index (χ3n) is 4.71. The summed E-state index contributed by atoms with van der Waals surface area (Å²) >= 11 is 0. The summed E-state index contributed by atoms with van der Waals surface area (Å²) in [5.74, 6) is 0.163. The van der Waals surface area contributed by atoms with E-state index >= 15 is 0 Å². The van der Waals surface area contributed by atoms with E-state index in [9.17, 15) is 13.2 Å². The van der Waals surface area contributed by atoms with Crippen LogP contribution < -0.4 is 4.72 Å². The van der Waals surface area contributed by atoms with Gasteiger partial charge in [0.25, 0.3) is 5.91 Å². The standard InChI is InChI=1S/C19H24N2O4S/c1-13-11-14(2)18(15(3)12-13)26(23,24)20-16-6-8-21(9-7-16)19(22)17-5-4-10-25-17/h4-5,10-12,16,20H,6-9H2,1-3H3. The molecule has 140 valence electrons. The first-order valence-electron chi connectivity index (χ1n) is 8.71. The Morgan fingerprint density at radius 3 is 2.31 bits per heavy atom. The van der Waals surface area contributed by atoms with Crippen molar-refractivity contribution in [2.45, 2.75) is 44.6 Å². The van der Waals surface area contributed by atoms with Gasteiger partial charge in [0.1, 0.15) is 0 Å². The summed E-state index contributed by atoms with van der Waals surface area (Å²) in [6.45, 7) is 6.59. The van der Waals surface area contributed by atoms with Crippen molar-refractivity contribution in [1.29, 1.82) is 0 Å². The number of amides is 1. The number of nitrogens with one attached hydrogen (secondary N) is 1. The number of furan rings is 1. The van der Waals surface area contributed by atoms with E-state index in [2.05, 4.69) is 4.72 Å². The van der Waals surface area contributed by atoms with Crippen molar-refractivity contribution in [3.63, 3.8) is 0 Å². The van der Waals surface area contributed by atoms with Crippen LogP contribution in [0.4, 0.5) is 0 Å². The number of nitrogens with zero attached hydrogens (tertiary/aromatic N) is 1. The van der Waals surface area contributed by atoms with Crippen LogP contribution in [0.1, 0.15) is 40.1 Å². The van der Waals surface area contributed by atoms with Crippen molar-refractivity contribution < 1.29 is 17.6 Å². The fraction of sp³-hybridized carbons (Fsp3) is 0.421. The maximum absolute atomic E-state index is 12.8. The maximum Gasteiger partial charge on any atom is 0.289 e. The van der Waals surface area contributed by atoms with Crippen molar-refractivity contribution >= 4 is 15.9 Å². The van der Waals surface area contributed by atoms with Crippen molar-refractivity contribution in [2.24, 2.45) is 0 Å².